The Hall–Kier alpha value is -1.51. The van der Waals surface area contributed by atoms with Crippen molar-refractivity contribution in [3.05, 3.63) is 35.9 Å². The van der Waals surface area contributed by atoms with Crippen molar-refractivity contribution in [3.63, 3.8) is 0 Å². The Balaban J connectivity index is 1.87. The maximum atomic E-state index is 12.0. The number of likely N-dealkylation sites (tertiary alicyclic amines) is 1. The molecule has 0 aliphatic carbocycles. The van der Waals surface area contributed by atoms with Crippen molar-refractivity contribution in [2.45, 2.75) is 39.3 Å². The Bertz CT molecular complexity index is 391. The molecule has 0 aromatic heterocycles. The Morgan fingerprint density at radius 1 is 1.28 bits per heavy atom. The summed E-state index contributed by atoms with van der Waals surface area (Å²) < 4.78 is 5.37. The van der Waals surface area contributed by atoms with E-state index in [-0.39, 0.29) is 6.09 Å². The van der Waals surface area contributed by atoms with Crippen molar-refractivity contribution < 1.29 is 9.53 Å². The number of carbonyl (C=O) groups is 1. The number of hydrogen-bond acceptors (Lipinski definition) is 2. The molecule has 0 saturated carbocycles. The molecule has 1 saturated heterocycles. The fourth-order valence-electron chi connectivity index (χ4n) is 2.35. The van der Waals surface area contributed by atoms with E-state index >= 15 is 0 Å². The first-order valence-electron chi connectivity index (χ1n) is 6.64. The molecule has 2 rings (SSSR count). The second-order valence-corrected chi connectivity index (χ2v) is 5.22. The molecule has 1 fully saturated rings. The van der Waals surface area contributed by atoms with Crippen LogP contribution in [0.1, 0.15) is 32.3 Å². The van der Waals surface area contributed by atoms with Gasteiger partial charge in [0.1, 0.15) is 6.61 Å². The molecule has 0 spiro atoms. The third kappa shape index (κ3) is 3.25. The van der Waals surface area contributed by atoms with Crippen LogP contribution < -0.4 is 0 Å². The van der Waals surface area contributed by atoms with Crippen LogP contribution in [0.25, 0.3) is 0 Å². The summed E-state index contributed by atoms with van der Waals surface area (Å²) in [6.45, 7) is 5.45. The predicted molar refractivity (Wildman–Crippen MR) is 71.2 cm³/mol. The number of rotatable bonds is 2. The van der Waals surface area contributed by atoms with Crippen molar-refractivity contribution in [1.82, 2.24) is 4.90 Å². The van der Waals surface area contributed by atoms with Gasteiger partial charge in [0, 0.05) is 12.6 Å². The Labute approximate surface area is 109 Å². The summed E-state index contributed by atoms with van der Waals surface area (Å²) in [6, 6.07) is 10.1. The number of ether oxygens (including phenoxy) is 1. The molecule has 18 heavy (non-hydrogen) atoms. The van der Waals surface area contributed by atoms with Crippen LogP contribution in [0, 0.1) is 5.92 Å². The van der Waals surface area contributed by atoms with Crippen molar-refractivity contribution in [2.24, 2.45) is 5.92 Å². The SMILES string of the molecule is C[C@H]1CC[C@H](C)N(C(=O)OCc2ccccc2)C1. The number of piperidine rings is 1. The second kappa shape index (κ2) is 5.89. The lowest BCUT2D eigenvalue weighted by Crippen LogP contribution is -2.45. The number of benzene rings is 1. The number of hydrogen-bond donors (Lipinski definition) is 0. The van der Waals surface area contributed by atoms with Crippen molar-refractivity contribution in [2.75, 3.05) is 6.54 Å². The second-order valence-electron chi connectivity index (χ2n) is 5.22. The fourth-order valence-corrected chi connectivity index (χ4v) is 2.35. The third-order valence-corrected chi connectivity index (χ3v) is 3.56. The van der Waals surface area contributed by atoms with Crippen molar-refractivity contribution >= 4 is 6.09 Å². The van der Waals surface area contributed by atoms with Gasteiger partial charge in [-0.1, -0.05) is 37.3 Å². The quantitative estimate of drug-likeness (QED) is 0.801. The minimum atomic E-state index is -0.182. The van der Waals surface area contributed by atoms with Gasteiger partial charge in [0.25, 0.3) is 0 Å². The van der Waals surface area contributed by atoms with E-state index in [2.05, 4.69) is 13.8 Å². The predicted octanol–water partition coefficient (Wildman–Crippen LogP) is 3.44. The van der Waals surface area contributed by atoms with Gasteiger partial charge in [-0.3, -0.25) is 0 Å². The minimum absolute atomic E-state index is 0.182. The highest BCUT2D eigenvalue weighted by Gasteiger charge is 2.27. The lowest BCUT2D eigenvalue weighted by Gasteiger charge is -2.35. The van der Waals surface area contributed by atoms with E-state index in [1.54, 1.807) is 0 Å². The zero-order valence-electron chi connectivity index (χ0n) is 11.1. The molecule has 2 atom stereocenters. The van der Waals surface area contributed by atoms with E-state index in [0.29, 0.717) is 18.6 Å². The first kappa shape index (κ1) is 12.9. The van der Waals surface area contributed by atoms with E-state index in [0.717, 1.165) is 18.5 Å². The van der Waals surface area contributed by atoms with Gasteiger partial charge in [0.2, 0.25) is 0 Å². The molecular formula is C15H21NO2. The topological polar surface area (TPSA) is 29.5 Å². The third-order valence-electron chi connectivity index (χ3n) is 3.56. The molecule has 0 radical (unpaired) electrons. The summed E-state index contributed by atoms with van der Waals surface area (Å²) in [7, 11) is 0. The molecule has 3 heteroatoms. The Kier molecular flexibility index (Phi) is 4.24. The summed E-state index contributed by atoms with van der Waals surface area (Å²) in [6.07, 6.45) is 2.09. The van der Waals surface area contributed by atoms with Crippen LogP contribution in [0.2, 0.25) is 0 Å². The maximum absolute atomic E-state index is 12.0. The van der Waals surface area contributed by atoms with Gasteiger partial charge >= 0.3 is 6.09 Å². The van der Waals surface area contributed by atoms with Gasteiger partial charge in [0.05, 0.1) is 0 Å². The highest BCUT2D eigenvalue weighted by Crippen LogP contribution is 2.22. The average molecular weight is 247 g/mol. The highest BCUT2D eigenvalue weighted by atomic mass is 16.6. The summed E-state index contributed by atoms with van der Waals surface area (Å²) in [5, 5.41) is 0. The van der Waals surface area contributed by atoms with Gasteiger partial charge in [0.15, 0.2) is 0 Å². The van der Waals surface area contributed by atoms with Crippen molar-refractivity contribution in [3.8, 4) is 0 Å². The first-order valence-corrected chi connectivity index (χ1v) is 6.64. The molecule has 0 unspecified atom stereocenters. The largest absolute Gasteiger partial charge is 0.445 e. The summed E-state index contributed by atoms with van der Waals surface area (Å²) in [5.41, 5.74) is 1.03. The van der Waals surface area contributed by atoms with Gasteiger partial charge in [-0.15, -0.1) is 0 Å². The van der Waals surface area contributed by atoms with E-state index in [1.807, 2.05) is 35.2 Å². The summed E-state index contributed by atoms with van der Waals surface area (Å²) >= 11 is 0. The molecule has 98 valence electrons. The van der Waals surface area contributed by atoms with Gasteiger partial charge in [-0.25, -0.2) is 4.79 Å². The number of nitrogens with zero attached hydrogens (tertiary/aromatic N) is 1. The summed E-state index contributed by atoms with van der Waals surface area (Å²) in [4.78, 5) is 13.9. The van der Waals surface area contributed by atoms with Crippen LogP contribution in [-0.4, -0.2) is 23.6 Å². The zero-order chi connectivity index (χ0) is 13.0. The molecule has 0 N–H and O–H groups in total. The highest BCUT2D eigenvalue weighted by molar-refractivity contribution is 5.68. The molecule has 1 aliphatic rings. The lowest BCUT2D eigenvalue weighted by molar-refractivity contribution is 0.0613. The van der Waals surface area contributed by atoms with Gasteiger partial charge in [-0.2, -0.15) is 0 Å². The van der Waals surface area contributed by atoms with Crippen LogP contribution in [0.4, 0.5) is 4.79 Å². The molecule has 1 amide bonds. The van der Waals surface area contributed by atoms with Crippen LogP contribution >= 0.6 is 0 Å². The maximum Gasteiger partial charge on any atom is 0.410 e. The van der Waals surface area contributed by atoms with Gasteiger partial charge < -0.3 is 9.64 Å². The van der Waals surface area contributed by atoms with Crippen LogP contribution in [0.5, 0.6) is 0 Å². The number of carbonyl (C=O) groups excluding carboxylic acids is 1. The van der Waals surface area contributed by atoms with E-state index in [4.69, 9.17) is 4.74 Å². The fraction of sp³-hybridized carbons (Fsp3) is 0.533. The standard InChI is InChI=1S/C15H21NO2/c1-12-8-9-13(2)16(10-12)15(17)18-11-14-6-4-3-5-7-14/h3-7,12-13H,8-11H2,1-2H3/t12-,13-/m0/s1. The van der Waals surface area contributed by atoms with Crippen molar-refractivity contribution in [1.29, 1.82) is 0 Å². The molecule has 3 nitrogen and oxygen atoms in total. The lowest BCUT2D eigenvalue weighted by atomic mass is 9.96. The van der Waals surface area contributed by atoms with E-state index < -0.39 is 0 Å². The molecule has 0 bridgehead atoms. The summed E-state index contributed by atoms with van der Waals surface area (Å²) in [5.74, 6) is 0.575. The molecule has 1 heterocycles. The van der Waals surface area contributed by atoms with Crippen LogP contribution in [-0.2, 0) is 11.3 Å². The monoisotopic (exact) mass is 247 g/mol. The minimum Gasteiger partial charge on any atom is -0.445 e. The normalized spacial score (nSPS) is 23.8. The molecule has 1 aliphatic heterocycles. The number of amides is 1. The first-order chi connectivity index (χ1) is 8.66. The van der Waals surface area contributed by atoms with E-state index in [1.165, 1.54) is 6.42 Å². The average Bonchev–Trinajstić information content (AvgIpc) is 2.40. The smallest absolute Gasteiger partial charge is 0.410 e. The Morgan fingerprint density at radius 2 is 2.00 bits per heavy atom. The zero-order valence-corrected chi connectivity index (χ0v) is 11.1. The van der Waals surface area contributed by atoms with Crippen LogP contribution in [0.3, 0.4) is 0 Å². The molecular weight excluding hydrogens is 226 g/mol. The van der Waals surface area contributed by atoms with Crippen LogP contribution in [0.15, 0.2) is 30.3 Å². The molecule has 1 aromatic carbocycles. The Morgan fingerprint density at radius 3 is 2.72 bits per heavy atom. The molecule has 1 aromatic rings. The van der Waals surface area contributed by atoms with Gasteiger partial charge in [-0.05, 0) is 31.2 Å². The van der Waals surface area contributed by atoms with E-state index in [9.17, 15) is 4.79 Å².